The van der Waals surface area contributed by atoms with Crippen LogP contribution in [-0.4, -0.2) is 0 Å². The van der Waals surface area contributed by atoms with Gasteiger partial charge in [-0.15, -0.1) is 11.3 Å². The SMILES string of the molecule is CCCCCC#Cc1cscc1C#CCCCCC. The van der Waals surface area contributed by atoms with Crippen molar-refractivity contribution in [2.45, 2.75) is 65.2 Å². The second-order valence-corrected chi connectivity index (χ2v) is 5.46. The summed E-state index contributed by atoms with van der Waals surface area (Å²) in [5.41, 5.74) is 2.23. The predicted molar refractivity (Wildman–Crippen MR) is 86.4 cm³/mol. The Kier molecular flexibility index (Phi) is 8.95. The Balaban J connectivity index is 2.45. The van der Waals surface area contributed by atoms with Crippen LogP contribution in [0.15, 0.2) is 10.8 Å². The molecule has 102 valence electrons. The molecule has 0 fully saturated rings. The van der Waals surface area contributed by atoms with E-state index in [2.05, 4.69) is 48.3 Å². The van der Waals surface area contributed by atoms with E-state index in [1.165, 1.54) is 38.5 Å². The molecule has 0 amide bonds. The van der Waals surface area contributed by atoms with Crippen LogP contribution in [-0.2, 0) is 0 Å². The lowest BCUT2D eigenvalue weighted by molar-refractivity contribution is 0.737. The molecule has 1 heteroatoms. The third kappa shape index (κ3) is 7.09. The maximum Gasteiger partial charge on any atom is 0.0508 e. The van der Waals surface area contributed by atoms with Crippen LogP contribution in [0.4, 0.5) is 0 Å². The quantitative estimate of drug-likeness (QED) is 0.466. The summed E-state index contributed by atoms with van der Waals surface area (Å²) < 4.78 is 0. The Morgan fingerprint density at radius 3 is 1.68 bits per heavy atom. The zero-order valence-corrected chi connectivity index (χ0v) is 13.0. The van der Waals surface area contributed by atoms with Gasteiger partial charge in [0.15, 0.2) is 0 Å². The van der Waals surface area contributed by atoms with Crippen LogP contribution < -0.4 is 0 Å². The van der Waals surface area contributed by atoms with Crippen molar-refractivity contribution in [2.24, 2.45) is 0 Å². The van der Waals surface area contributed by atoms with Gasteiger partial charge in [0, 0.05) is 23.6 Å². The first-order chi connectivity index (χ1) is 9.38. The van der Waals surface area contributed by atoms with E-state index in [0.717, 1.165) is 24.0 Å². The number of hydrogen-bond acceptors (Lipinski definition) is 1. The molecule has 1 aromatic heterocycles. The van der Waals surface area contributed by atoms with Crippen LogP contribution in [0.5, 0.6) is 0 Å². The Bertz CT molecular complexity index is 417. The second kappa shape index (κ2) is 10.7. The fourth-order valence-electron chi connectivity index (χ4n) is 1.73. The first kappa shape index (κ1) is 15.9. The molecule has 0 aliphatic carbocycles. The highest BCUT2D eigenvalue weighted by atomic mass is 32.1. The van der Waals surface area contributed by atoms with Crippen molar-refractivity contribution in [3.05, 3.63) is 21.9 Å². The molecule has 0 bridgehead atoms. The van der Waals surface area contributed by atoms with Gasteiger partial charge in [-0.3, -0.25) is 0 Å². The van der Waals surface area contributed by atoms with Crippen LogP contribution in [0, 0.1) is 23.7 Å². The minimum Gasteiger partial charge on any atom is -0.150 e. The van der Waals surface area contributed by atoms with Crippen molar-refractivity contribution in [2.75, 3.05) is 0 Å². The molecule has 0 aromatic carbocycles. The summed E-state index contributed by atoms with van der Waals surface area (Å²) in [6.45, 7) is 4.44. The molecular formula is C18H24S. The summed E-state index contributed by atoms with van der Waals surface area (Å²) in [6.07, 6.45) is 9.52. The average Bonchev–Trinajstić information content (AvgIpc) is 2.86. The summed E-state index contributed by atoms with van der Waals surface area (Å²) in [5.74, 6) is 13.0. The highest BCUT2D eigenvalue weighted by Crippen LogP contribution is 2.13. The third-order valence-corrected chi connectivity index (χ3v) is 3.66. The molecule has 0 nitrogen and oxygen atoms in total. The molecular weight excluding hydrogens is 248 g/mol. The average molecular weight is 272 g/mol. The first-order valence-electron chi connectivity index (χ1n) is 7.42. The van der Waals surface area contributed by atoms with Crippen molar-refractivity contribution < 1.29 is 0 Å². The molecule has 0 spiro atoms. The van der Waals surface area contributed by atoms with Crippen LogP contribution >= 0.6 is 11.3 Å². The van der Waals surface area contributed by atoms with E-state index >= 15 is 0 Å². The van der Waals surface area contributed by atoms with Gasteiger partial charge in [-0.05, 0) is 12.8 Å². The lowest BCUT2D eigenvalue weighted by Gasteiger charge is -1.90. The van der Waals surface area contributed by atoms with Crippen molar-refractivity contribution >= 4 is 11.3 Å². The molecule has 0 aliphatic rings. The predicted octanol–water partition coefficient (Wildman–Crippen LogP) is 5.61. The highest BCUT2D eigenvalue weighted by Gasteiger charge is 1.96. The summed E-state index contributed by atoms with van der Waals surface area (Å²) >= 11 is 1.70. The standard InChI is InChI=1S/C18H24S/c1-3-5-7-9-11-13-17-15-19-16-18(17)14-12-10-8-6-4-2/h15-16H,3-10H2,1-2H3. The fraction of sp³-hybridized carbons (Fsp3) is 0.556. The number of unbranched alkanes of at least 4 members (excludes halogenated alkanes) is 6. The van der Waals surface area contributed by atoms with E-state index in [0.29, 0.717) is 0 Å². The maximum absolute atomic E-state index is 3.26. The van der Waals surface area contributed by atoms with E-state index < -0.39 is 0 Å². The third-order valence-electron chi connectivity index (χ3n) is 2.92. The molecule has 1 aromatic rings. The normalized spacial score (nSPS) is 9.37. The monoisotopic (exact) mass is 272 g/mol. The van der Waals surface area contributed by atoms with Gasteiger partial charge in [0.25, 0.3) is 0 Å². The van der Waals surface area contributed by atoms with Gasteiger partial charge in [-0.1, -0.05) is 63.2 Å². The van der Waals surface area contributed by atoms with Gasteiger partial charge < -0.3 is 0 Å². The molecule has 0 unspecified atom stereocenters. The van der Waals surface area contributed by atoms with Gasteiger partial charge in [0.2, 0.25) is 0 Å². The van der Waals surface area contributed by atoms with Crippen LogP contribution in [0.3, 0.4) is 0 Å². The highest BCUT2D eigenvalue weighted by molar-refractivity contribution is 7.08. The van der Waals surface area contributed by atoms with E-state index in [4.69, 9.17) is 0 Å². The zero-order valence-electron chi connectivity index (χ0n) is 12.2. The van der Waals surface area contributed by atoms with E-state index in [9.17, 15) is 0 Å². The largest absolute Gasteiger partial charge is 0.150 e. The molecule has 0 N–H and O–H groups in total. The zero-order chi connectivity index (χ0) is 13.8. The Labute approximate surface area is 122 Å². The molecule has 19 heavy (non-hydrogen) atoms. The smallest absolute Gasteiger partial charge is 0.0508 e. The van der Waals surface area contributed by atoms with Gasteiger partial charge >= 0.3 is 0 Å². The molecule has 1 rings (SSSR count). The van der Waals surface area contributed by atoms with Gasteiger partial charge in [-0.2, -0.15) is 0 Å². The molecule has 0 atom stereocenters. The van der Waals surface area contributed by atoms with Crippen LogP contribution in [0.25, 0.3) is 0 Å². The van der Waals surface area contributed by atoms with Gasteiger partial charge in [-0.25, -0.2) is 0 Å². The molecule has 1 heterocycles. The van der Waals surface area contributed by atoms with E-state index in [-0.39, 0.29) is 0 Å². The summed E-state index contributed by atoms with van der Waals surface area (Å²) in [4.78, 5) is 0. The van der Waals surface area contributed by atoms with Crippen molar-refractivity contribution in [1.82, 2.24) is 0 Å². The topological polar surface area (TPSA) is 0 Å². The fourth-order valence-corrected chi connectivity index (χ4v) is 2.44. The van der Waals surface area contributed by atoms with Gasteiger partial charge in [0.1, 0.15) is 0 Å². The molecule has 0 radical (unpaired) electrons. The van der Waals surface area contributed by atoms with Crippen molar-refractivity contribution in [1.29, 1.82) is 0 Å². The minimum absolute atomic E-state index is 1.01. The molecule has 0 aliphatic heterocycles. The Hall–Kier alpha value is -1.18. The lowest BCUT2D eigenvalue weighted by Crippen LogP contribution is -1.77. The van der Waals surface area contributed by atoms with Gasteiger partial charge in [0.05, 0.1) is 11.1 Å². The van der Waals surface area contributed by atoms with E-state index in [1.807, 2.05) is 0 Å². The molecule has 0 saturated carbocycles. The summed E-state index contributed by atoms with van der Waals surface area (Å²) in [5, 5.41) is 4.23. The summed E-state index contributed by atoms with van der Waals surface area (Å²) in [6, 6.07) is 0. The number of thiophene rings is 1. The van der Waals surface area contributed by atoms with Crippen LogP contribution in [0.1, 0.15) is 76.3 Å². The van der Waals surface area contributed by atoms with E-state index in [1.54, 1.807) is 11.3 Å². The van der Waals surface area contributed by atoms with Crippen LogP contribution in [0.2, 0.25) is 0 Å². The second-order valence-electron chi connectivity index (χ2n) is 4.72. The van der Waals surface area contributed by atoms with Crippen molar-refractivity contribution in [3.8, 4) is 23.7 Å². The summed E-state index contributed by atoms with van der Waals surface area (Å²) in [7, 11) is 0. The lowest BCUT2D eigenvalue weighted by atomic mass is 10.1. The number of rotatable bonds is 6. The minimum atomic E-state index is 1.01. The maximum atomic E-state index is 3.26. The van der Waals surface area contributed by atoms with Crippen molar-refractivity contribution in [3.63, 3.8) is 0 Å². The number of hydrogen-bond donors (Lipinski definition) is 0. The molecule has 0 saturated heterocycles. The first-order valence-corrected chi connectivity index (χ1v) is 8.36. The Morgan fingerprint density at radius 1 is 0.789 bits per heavy atom. The Morgan fingerprint density at radius 2 is 1.26 bits per heavy atom.